The van der Waals surface area contributed by atoms with Crippen LogP contribution in [-0.2, 0) is 0 Å². The van der Waals surface area contributed by atoms with Gasteiger partial charge in [-0.3, -0.25) is 0 Å². The van der Waals surface area contributed by atoms with Crippen LogP contribution in [0.5, 0.6) is 0 Å². The smallest absolute Gasteiger partial charge is 0.0562 e. The third-order valence-electron chi connectivity index (χ3n) is 3.97. The summed E-state index contributed by atoms with van der Waals surface area (Å²) in [6.07, 6.45) is 1.16. The minimum atomic E-state index is -0.0871. The third-order valence-corrected chi connectivity index (χ3v) is 4.65. The van der Waals surface area contributed by atoms with Crippen LogP contribution in [0.4, 0.5) is 0 Å². The molecule has 0 aliphatic carbocycles. The van der Waals surface area contributed by atoms with Gasteiger partial charge in [-0.2, -0.15) is 0 Å². The summed E-state index contributed by atoms with van der Waals surface area (Å²) >= 11 is 3.61. The standard InChI is InChI=1S/C18H22BrN/c1-4-13(3)14-6-8-15(9-7-14)18(20)16-10-5-12(2)11-17(16)19/h5-11,13,18H,4,20H2,1-3H3. The topological polar surface area (TPSA) is 26.0 Å². The Hall–Kier alpha value is -1.12. The highest BCUT2D eigenvalue weighted by atomic mass is 79.9. The van der Waals surface area contributed by atoms with Crippen molar-refractivity contribution in [2.45, 2.75) is 39.2 Å². The fourth-order valence-corrected chi connectivity index (χ4v) is 3.07. The van der Waals surface area contributed by atoms with E-state index in [4.69, 9.17) is 5.73 Å². The molecule has 2 N–H and O–H groups in total. The summed E-state index contributed by atoms with van der Waals surface area (Å²) in [7, 11) is 0. The molecule has 0 saturated heterocycles. The molecule has 106 valence electrons. The van der Waals surface area contributed by atoms with Crippen molar-refractivity contribution in [1.82, 2.24) is 0 Å². The van der Waals surface area contributed by atoms with E-state index in [9.17, 15) is 0 Å². The van der Waals surface area contributed by atoms with E-state index in [1.54, 1.807) is 0 Å². The molecule has 0 radical (unpaired) electrons. The predicted molar refractivity (Wildman–Crippen MR) is 90.1 cm³/mol. The van der Waals surface area contributed by atoms with Gasteiger partial charge in [-0.25, -0.2) is 0 Å². The lowest BCUT2D eigenvalue weighted by molar-refractivity contribution is 0.732. The molecule has 0 bridgehead atoms. The molecule has 0 saturated carbocycles. The molecule has 0 heterocycles. The molecular formula is C18H22BrN. The van der Waals surface area contributed by atoms with Crippen LogP contribution in [0.15, 0.2) is 46.9 Å². The minimum Gasteiger partial charge on any atom is -0.320 e. The van der Waals surface area contributed by atoms with Crippen molar-refractivity contribution in [2.75, 3.05) is 0 Å². The average Bonchev–Trinajstić information content (AvgIpc) is 2.46. The van der Waals surface area contributed by atoms with E-state index in [0.29, 0.717) is 5.92 Å². The molecule has 2 atom stereocenters. The van der Waals surface area contributed by atoms with Crippen LogP contribution in [0.2, 0.25) is 0 Å². The van der Waals surface area contributed by atoms with Gasteiger partial charge >= 0.3 is 0 Å². The summed E-state index contributed by atoms with van der Waals surface area (Å²) in [5.74, 6) is 0.603. The Morgan fingerprint density at radius 1 is 1.05 bits per heavy atom. The molecule has 0 aliphatic heterocycles. The van der Waals surface area contributed by atoms with Gasteiger partial charge in [-0.05, 0) is 47.6 Å². The number of aryl methyl sites for hydroxylation is 1. The minimum absolute atomic E-state index is 0.0871. The predicted octanol–water partition coefficient (Wildman–Crippen LogP) is 5.32. The van der Waals surface area contributed by atoms with Gasteiger partial charge in [0, 0.05) is 4.47 Å². The maximum absolute atomic E-state index is 6.40. The van der Waals surface area contributed by atoms with E-state index in [-0.39, 0.29) is 6.04 Å². The Bertz CT molecular complexity index is 574. The van der Waals surface area contributed by atoms with E-state index in [1.807, 2.05) is 0 Å². The molecule has 2 rings (SSSR count). The molecule has 0 fully saturated rings. The molecule has 20 heavy (non-hydrogen) atoms. The van der Waals surface area contributed by atoms with Gasteiger partial charge in [0.2, 0.25) is 0 Å². The van der Waals surface area contributed by atoms with Crippen LogP contribution in [0.3, 0.4) is 0 Å². The lowest BCUT2D eigenvalue weighted by Crippen LogP contribution is -2.12. The lowest BCUT2D eigenvalue weighted by atomic mass is 9.94. The molecule has 0 amide bonds. The van der Waals surface area contributed by atoms with E-state index in [0.717, 1.165) is 22.0 Å². The van der Waals surface area contributed by atoms with Gasteiger partial charge in [0.15, 0.2) is 0 Å². The zero-order valence-corrected chi connectivity index (χ0v) is 13.9. The van der Waals surface area contributed by atoms with Gasteiger partial charge in [0.1, 0.15) is 0 Å². The fourth-order valence-electron chi connectivity index (χ4n) is 2.33. The summed E-state index contributed by atoms with van der Waals surface area (Å²) in [6.45, 7) is 6.56. The number of rotatable bonds is 4. The SMILES string of the molecule is CCC(C)c1ccc(C(N)c2ccc(C)cc2Br)cc1. The molecule has 1 nitrogen and oxygen atoms in total. The van der Waals surface area contributed by atoms with Crippen molar-refractivity contribution in [2.24, 2.45) is 5.73 Å². The Kier molecular flexibility index (Phi) is 5.00. The quantitative estimate of drug-likeness (QED) is 0.806. The summed E-state index contributed by atoms with van der Waals surface area (Å²) in [5, 5.41) is 0. The van der Waals surface area contributed by atoms with E-state index in [1.165, 1.54) is 11.1 Å². The highest BCUT2D eigenvalue weighted by Gasteiger charge is 2.13. The monoisotopic (exact) mass is 331 g/mol. The van der Waals surface area contributed by atoms with Crippen LogP contribution in [0.25, 0.3) is 0 Å². The summed E-state index contributed by atoms with van der Waals surface area (Å²) in [6, 6.07) is 14.9. The van der Waals surface area contributed by atoms with Crippen LogP contribution in [0, 0.1) is 6.92 Å². The van der Waals surface area contributed by atoms with E-state index >= 15 is 0 Å². The Labute approximate surface area is 130 Å². The van der Waals surface area contributed by atoms with Gasteiger partial charge in [0.05, 0.1) is 6.04 Å². The average molecular weight is 332 g/mol. The van der Waals surface area contributed by atoms with Crippen LogP contribution >= 0.6 is 15.9 Å². The van der Waals surface area contributed by atoms with Crippen LogP contribution in [0.1, 0.15) is 54.5 Å². The molecular weight excluding hydrogens is 310 g/mol. The first-order valence-electron chi connectivity index (χ1n) is 7.14. The van der Waals surface area contributed by atoms with Gasteiger partial charge < -0.3 is 5.73 Å². The van der Waals surface area contributed by atoms with Crippen LogP contribution in [-0.4, -0.2) is 0 Å². The zero-order chi connectivity index (χ0) is 14.7. The van der Waals surface area contributed by atoms with Crippen molar-refractivity contribution in [3.8, 4) is 0 Å². The molecule has 2 unspecified atom stereocenters. The number of hydrogen-bond donors (Lipinski definition) is 1. The number of hydrogen-bond acceptors (Lipinski definition) is 1. The first-order chi connectivity index (χ1) is 9.52. The van der Waals surface area contributed by atoms with Gasteiger partial charge in [-0.15, -0.1) is 0 Å². The fraction of sp³-hybridized carbons (Fsp3) is 0.333. The Balaban J connectivity index is 2.26. The number of benzene rings is 2. The van der Waals surface area contributed by atoms with Crippen molar-refractivity contribution in [3.63, 3.8) is 0 Å². The van der Waals surface area contributed by atoms with Crippen molar-refractivity contribution >= 4 is 15.9 Å². The van der Waals surface area contributed by atoms with E-state index in [2.05, 4.69) is 79.2 Å². The highest BCUT2D eigenvalue weighted by Crippen LogP contribution is 2.29. The molecule has 2 heteroatoms. The second kappa shape index (κ2) is 6.55. The molecule has 0 spiro atoms. The lowest BCUT2D eigenvalue weighted by Gasteiger charge is -2.16. The molecule has 2 aromatic rings. The summed E-state index contributed by atoms with van der Waals surface area (Å²) < 4.78 is 1.08. The molecule has 0 aliphatic rings. The zero-order valence-electron chi connectivity index (χ0n) is 12.4. The van der Waals surface area contributed by atoms with Gasteiger partial charge in [0.25, 0.3) is 0 Å². The Morgan fingerprint density at radius 3 is 2.20 bits per heavy atom. The van der Waals surface area contributed by atoms with Crippen molar-refractivity contribution in [1.29, 1.82) is 0 Å². The molecule has 2 aromatic carbocycles. The van der Waals surface area contributed by atoms with Crippen LogP contribution < -0.4 is 5.73 Å². The normalized spacial score (nSPS) is 14.1. The van der Waals surface area contributed by atoms with E-state index < -0.39 is 0 Å². The highest BCUT2D eigenvalue weighted by molar-refractivity contribution is 9.10. The number of nitrogens with two attached hydrogens (primary N) is 1. The van der Waals surface area contributed by atoms with Crippen molar-refractivity contribution < 1.29 is 0 Å². The Morgan fingerprint density at radius 2 is 1.65 bits per heavy atom. The second-order valence-corrected chi connectivity index (χ2v) is 6.33. The third kappa shape index (κ3) is 3.31. The maximum atomic E-state index is 6.40. The van der Waals surface area contributed by atoms with Crippen molar-refractivity contribution in [3.05, 3.63) is 69.2 Å². The van der Waals surface area contributed by atoms with Gasteiger partial charge in [-0.1, -0.05) is 66.2 Å². The second-order valence-electron chi connectivity index (χ2n) is 5.48. The number of halogens is 1. The molecule has 0 aromatic heterocycles. The first kappa shape index (κ1) is 15.3. The first-order valence-corrected chi connectivity index (χ1v) is 7.93. The largest absolute Gasteiger partial charge is 0.320 e. The summed E-state index contributed by atoms with van der Waals surface area (Å²) in [5.41, 5.74) is 11.3. The maximum Gasteiger partial charge on any atom is 0.0562 e. The summed E-state index contributed by atoms with van der Waals surface area (Å²) in [4.78, 5) is 0.